The van der Waals surface area contributed by atoms with E-state index in [0.29, 0.717) is 5.13 Å². The zero-order valence-electron chi connectivity index (χ0n) is 14.1. The molecule has 0 radical (unpaired) electrons. The maximum atomic E-state index is 12.9. The number of aromatic nitrogens is 1. The molecular weight excluding hydrogens is 366 g/mol. The number of aryl methyl sites for hydroxylation is 1. The Bertz CT molecular complexity index is 905. The average molecular weight is 383 g/mol. The molecule has 3 aromatic rings. The van der Waals surface area contributed by atoms with Gasteiger partial charge in [0.2, 0.25) is 11.8 Å². The van der Waals surface area contributed by atoms with Crippen LogP contribution in [0.5, 0.6) is 0 Å². The van der Waals surface area contributed by atoms with Crippen molar-refractivity contribution in [2.24, 2.45) is 5.92 Å². The van der Waals surface area contributed by atoms with Gasteiger partial charge in [-0.1, -0.05) is 23.8 Å². The summed E-state index contributed by atoms with van der Waals surface area (Å²) in [5.41, 5.74) is 1.95. The van der Waals surface area contributed by atoms with Crippen LogP contribution < -0.4 is 10.2 Å². The van der Waals surface area contributed by atoms with E-state index in [0.717, 1.165) is 16.1 Å². The monoisotopic (exact) mass is 383 g/mol. The molecule has 0 unspecified atom stereocenters. The van der Waals surface area contributed by atoms with E-state index in [-0.39, 0.29) is 24.3 Å². The molecule has 1 saturated heterocycles. The molecule has 3 heterocycles. The van der Waals surface area contributed by atoms with E-state index in [1.807, 2.05) is 54.1 Å². The number of carbonyl (C=O) groups is 2. The van der Waals surface area contributed by atoms with Gasteiger partial charge >= 0.3 is 0 Å². The van der Waals surface area contributed by atoms with Crippen molar-refractivity contribution in [3.63, 3.8) is 0 Å². The van der Waals surface area contributed by atoms with E-state index in [9.17, 15) is 9.59 Å². The van der Waals surface area contributed by atoms with E-state index in [4.69, 9.17) is 0 Å². The Morgan fingerprint density at radius 3 is 2.65 bits per heavy atom. The van der Waals surface area contributed by atoms with Crippen LogP contribution in [0.3, 0.4) is 0 Å². The van der Waals surface area contributed by atoms with Crippen molar-refractivity contribution in [2.45, 2.75) is 19.4 Å². The number of thiophene rings is 1. The topological polar surface area (TPSA) is 62.3 Å². The van der Waals surface area contributed by atoms with Crippen LogP contribution in [0, 0.1) is 12.8 Å². The number of thiazole rings is 1. The summed E-state index contributed by atoms with van der Waals surface area (Å²) >= 11 is 2.94. The molecule has 0 aliphatic carbocycles. The van der Waals surface area contributed by atoms with Crippen LogP contribution >= 0.6 is 22.7 Å². The first kappa shape index (κ1) is 16.9. The third kappa shape index (κ3) is 3.15. The first-order chi connectivity index (χ1) is 12.6. The highest BCUT2D eigenvalue weighted by Gasteiger charge is 2.45. The number of anilines is 2. The number of hydrogen-bond acceptors (Lipinski definition) is 5. The Hall–Kier alpha value is -2.51. The highest BCUT2D eigenvalue weighted by atomic mass is 32.1. The molecule has 1 aliphatic rings. The van der Waals surface area contributed by atoms with Crippen LogP contribution in [0.2, 0.25) is 0 Å². The van der Waals surface area contributed by atoms with Crippen molar-refractivity contribution < 1.29 is 9.59 Å². The summed E-state index contributed by atoms with van der Waals surface area (Å²) in [6.07, 6.45) is 1.84. The number of benzene rings is 1. The van der Waals surface area contributed by atoms with Gasteiger partial charge in [-0.05, 0) is 30.5 Å². The zero-order valence-corrected chi connectivity index (χ0v) is 15.7. The molecular formula is C19H17N3O2S2. The average Bonchev–Trinajstić information content (AvgIpc) is 3.36. The molecule has 1 aliphatic heterocycles. The van der Waals surface area contributed by atoms with Crippen LogP contribution in [0.25, 0.3) is 0 Å². The SMILES string of the molecule is Cc1ccc(N2C(=O)C[C@@H](C(=O)Nc3nccs3)[C@@H]2c2cccs2)cc1. The first-order valence-corrected chi connectivity index (χ1v) is 10.0. The molecule has 1 N–H and O–H groups in total. The summed E-state index contributed by atoms with van der Waals surface area (Å²) in [6.45, 7) is 2.01. The second kappa shape index (κ2) is 7.01. The summed E-state index contributed by atoms with van der Waals surface area (Å²) < 4.78 is 0. The molecule has 2 amide bonds. The van der Waals surface area contributed by atoms with Gasteiger partial charge in [-0.2, -0.15) is 0 Å². The van der Waals surface area contributed by atoms with Crippen molar-refractivity contribution in [1.82, 2.24) is 4.98 Å². The number of rotatable bonds is 4. The van der Waals surface area contributed by atoms with Gasteiger partial charge in [0.05, 0.1) is 12.0 Å². The first-order valence-electron chi connectivity index (χ1n) is 8.26. The Labute approximate surface area is 159 Å². The Balaban J connectivity index is 1.69. The number of carbonyl (C=O) groups excluding carboxylic acids is 2. The summed E-state index contributed by atoms with van der Waals surface area (Å²) in [5.74, 6) is -0.654. The quantitative estimate of drug-likeness (QED) is 0.733. The minimum Gasteiger partial charge on any atom is -0.303 e. The fraction of sp³-hybridized carbons (Fsp3) is 0.211. The van der Waals surface area contributed by atoms with Crippen LogP contribution in [0.15, 0.2) is 53.4 Å². The van der Waals surface area contributed by atoms with Crippen LogP contribution in [0.4, 0.5) is 10.8 Å². The molecule has 2 aromatic heterocycles. The van der Waals surface area contributed by atoms with Crippen molar-refractivity contribution in [1.29, 1.82) is 0 Å². The normalized spacial score (nSPS) is 19.7. The maximum Gasteiger partial charge on any atom is 0.232 e. The lowest BCUT2D eigenvalue weighted by atomic mass is 9.97. The molecule has 1 fully saturated rings. The van der Waals surface area contributed by atoms with Gasteiger partial charge < -0.3 is 10.2 Å². The summed E-state index contributed by atoms with van der Waals surface area (Å²) in [6, 6.07) is 11.5. The molecule has 26 heavy (non-hydrogen) atoms. The van der Waals surface area contributed by atoms with E-state index >= 15 is 0 Å². The Morgan fingerprint density at radius 1 is 1.19 bits per heavy atom. The zero-order chi connectivity index (χ0) is 18.1. The molecule has 2 atom stereocenters. The van der Waals surface area contributed by atoms with Crippen LogP contribution in [-0.2, 0) is 9.59 Å². The van der Waals surface area contributed by atoms with Gasteiger partial charge in [0.1, 0.15) is 0 Å². The third-order valence-electron chi connectivity index (χ3n) is 4.47. The number of hydrogen-bond donors (Lipinski definition) is 1. The van der Waals surface area contributed by atoms with Crippen LogP contribution in [0.1, 0.15) is 22.9 Å². The van der Waals surface area contributed by atoms with Crippen LogP contribution in [-0.4, -0.2) is 16.8 Å². The van der Waals surface area contributed by atoms with E-state index in [2.05, 4.69) is 10.3 Å². The fourth-order valence-electron chi connectivity index (χ4n) is 3.25. The van der Waals surface area contributed by atoms with Crippen molar-refractivity contribution in [3.8, 4) is 0 Å². The molecule has 5 nitrogen and oxygen atoms in total. The van der Waals surface area contributed by atoms with Crippen molar-refractivity contribution >= 4 is 45.3 Å². The van der Waals surface area contributed by atoms with Gasteiger partial charge in [0, 0.05) is 28.6 Å². The smallest absolute Gasteiger partial charge is 0.232 e. The number of nitrogens with zero attached hydrogens (tertiary/aromatic N) is 2. The van der Waals surface area contributed by atoms with Gasteiger partial charge in [0.25, 0.3) is 0 Å². The second-order valence-corrected chi connectivity index (χ2v) is 8.07. The standard InChI is InChI=1S/C19H17N3O2S2/c1-12-4-6-13(7-5-12)22-16(23)11-14(17(22)15-3-2-9-25-15)18(24)21-19-20-8-10-26-19/h2-10,14,17H,11H2,1H3,(H,20,21,24)/t14-,17-/m1/s1. The highest BCUT2D eigenvalue weighted by molar-refractivity contribution is 7.13. The molecule has 1 aromatic carbocycles. The minimum atomic E-state index is -0.452. The van der Waals surface area contributed by atoms with Gasteiger partial charge in [-0.15, -0.1) is 22.7 Å². The molecule has 0 spiro atoms. The summed E-state index contributed by atoms with van der Waals surface area (Å²) in [4.78, 5) is 32.6. The highest BCUT2D eigenvalue weighted by Crippen LogP contribution is 2.43. The van der Waals surface area contributed by atoms with Gasteiger partial charge in [-0.25, -0.2) is 4.98 Å². The molecule has 0 saturated carbocycles. The largest absolute Gasteiger partial charge is 0.303 e. The molecule has 0 bridgehead atoms. The predicted octanol–water partition coefficient (Wildman–Crippen LogP) is 4.25. The second-order valence-electron chi connectivity index (χ2n) is 6.20. The maximum absolute atomic E-state index is 12.9. The third-order valence-corrected chi connectivity index (χ3v) is 6.10. The van der Waals surface area contributed by atoms with E-state index < -0.39 is 5.92 Å². The molecule has 132 valence electrons. The lowest BCUT2D eigenvalue weighted by molar-refractivity contribution is -0.122. The minimum absolute atomic E-state index is 0.0356. The molecule has 7 heteroatoms. The fourth-order valence-corrected chi connectivity index (χ4v) is 4.66. The van der Waals surface area contributed by atoms with Crippen molar-refractivity contribution in [2.75, 3.05) is 10.2 Å². The Kier molecular flexibility index (Phi) is 4.57. The summed E-state index contributed by atoms with van der Waals surface area (Å²) in [7, 11) is 0. The number of nitrogens with one attached hydrogen (secondary N) is 1. The van der Waals surface area contributed by atoms with E-state index in [1.54, 1.807) is 22.4 Å². The molecule has 4 rings (SSSR count). The number of amides is 2. The Morgan fingerprint density at radius 2 is 2.00 bits per heavy atom. The van der Waals surface area contributed by atoms with Crippen molar-refractivity contribution in [3.05, 3.63) is 63.8 Å². The van der Waals surface area contributed by atoms with E-state index in [1.165, 1.54) is 11.3 Å². The lowest BCUT2D eigenvalue weighted by Crippen LogP contribution is -2.31. The lowest BCUT2D eigenvalue weighted by Gasteiger charge is -2.27. The summed E-state index contributed by atoms with van der Waals surface area (Å²) in [5, 5.41) is 7.19. The van der Waals surface area contributed by atoms with Gasteiger partial charge in [-0.3, -0.25) is 9.59 Å². The predicted molar refractivity (Wildman–Crippen MR) is 105 cm³/mol. The van der Waals surface area contributed by atoms with Gasteiger partial charge in [0.15, 0.2) is 5.13 Å².